The van der Waals surface area contributed by atoms with Crippen molar-refractivity contribution >= 4 is 17.3 Å². The van der Waals surface area contributed by atoms with Gasteiger partial charge in [-0.3, -0.25) is 4.79 Å². The molecule has 0 bridgehead atoms. The van der Waals surface area contributed by atoms with Gasteiger partial charge in [0.2, 0.25) is 0 Å². The molecule has 0 aliphatic carbocycles. The number of nitrogen functional groups attached to an aromatic ring is 1. The Morgan fingerprint density at radius 1 is 1.45 bits per heavy atom. The molecule has 5 nitrogen and oxygen atoms in total. The molecule has 1 heterocycles. The van der Waals surface area contributed by atoms with Crippen molar-refractivity contribution < 1.29 is 4.74 Å². The van der Waals surface area contributed by atoms with Gasteiger partial charge in [-0.05, 0) is 24.1 Å². The van der Waals surface area contributed by atoms with Gasteiger partial charge >= 0.3 is 5.56 Å². The molecule has 2 rings (SSSR count). The lowest BCUT2D eigenvalue weighted by Crippen LogP contribution is -2.23. The number of hydrogen-bond donors (Lipinski definition) is 1. The highest BCUT2D eigenvalue weighted by Crippen LogP contribution is 2.28. The first kappa shape index (κ1) is 14.4. The van der Waals surface area contributed by atoms with Crippen molar-refractivity contribution in [2.75, 3.05) is 5.73 Å². The van der Waals surface area contributed by atoms with Gasteiger partial charge in [0.1, 0.15) is 5.75 Å². The molecule has 0 amide bonds. The van der Waals surface area contributed by atoms with E-state index in [-0.39, 0.29) is 11.4 Å². The Labute approximate surface area is 122 Å². The minimum atomic E-state index is -0.283. The third-order valence-electron chi connectivity index (χ3n) is 2.61. The molecule has 0 atom stereocenters. The zero-order chi connectivity index (χ0) is 14.7. The van der Waals surface area contributed by atoms with Gasteiger partial charge in [0.05, 0.1) is 5.02 Å². The average molecular weight is 294 g/mol. The number of hydrogen-bond acceptors (Lipinski definition) is 4. The van der Waals surface area contributed by atoms with Crippen LogP contribution >= 0.6 is 11.6 Å². The minimum Gasteiger partial charge on any atom is -0.433 e. The Kier molecular flexibility index (Phi) is 4.29. The maximum atomic E-state index is 12.2. The van der Waals surface area contributed by atoms with Crippen molar-refractivity contribution in [3.05, 3.63) is 46.0 Å². The second-order valence-electron chi connectivity index (χ2n) is 4.88. The number of aromatic nitrogens is 2. The average Bonchev–Trinajstić information content (AvgIpc) is 2.36. The number of nitrogens with two attached hydrogens (primary N) is 1. The second-order valence-corrected chi connectivity index (χ2v) is 5.28. The second kappa shape index (κ2) is 5.96. The van der Waals surface area contributed by atoms with Crippen LogP contribution < -0.4 is 16.0 Å². The van der Waals surface area contributed by atoms with Crippen LogP contribution in [0.15, 0.2) is 35.4 Å². The first-order chi connectivity index (χ1) is 9.47. The highest BCUT2D eigenvalue weighted by atomic mass is 35.5. The maximum absolute atomic E-state index is 12.2. The third kappa shape index (κ3) is 3.30. The van der Waals surface area contributed by atoms with Gasteiger partial charge in [0, 0.05) is 24.6 Å². The Hall–Kier alpha value is -2.01. The molecule has 2 N–H and O–H groups in total. The van der Waals surface area contributed by atoms with Crippen LogP contribution in [0.2, 0.25) is 5.02 Å². The number of benzene rings is 1. The molecule has 1 aromatic carbocycles. The molecular formula is C14H16ClN3O2. The van der Waals surface area contributed by atoms with E-state index in [4.69, 9.17) is 22.1 Å². The van der Waals surface area contributed by atoms with Crippen molar-refractivity contribution in [1.82, 2.24) is 9.55 Å². The fourth-order valence-corrected chi connectivity index (χ4v) is 1.97. The normalized spacial score (nSPS) is 10.8. The number of rotatable bonds is 4. The number of anilines is 1. The quantitative estimate of drug-likeness (QED) is 0.880. The SMILES string of the molecule is CC(C)Cn1ccnc(Oc2ccc(N)cc2Cl)c1=O. The van der Waals surface area contributed by atoms with E-state index in [0.29, 0.717) is 28.9 Å². The molecule has 0 radical (unpaired) electrons. The minimum absolute atomic E-state index is 0.000165. The summed E-state index contributed by atoms with van der Waals surface area (Å²) in [4.78, 5) is 16.2. The molecule has 0 fully saturated rings. The van der Waals surface area contributed by atoms with Crippen molar-refractivity contribution in [2.24, 2.45) is 5.92 Å². The van der Waals surface area contributed by atoms with Crippen LogP contribution in [0.5, 0.6) is 11.6 Å². The van der Waals surface area contributed by atoms with Gasteiger partial charge in [-0.1, -0.05) is 25.4 Å². The Morgan fingerprint density at radius 2 is 2.20 bits per heavy atom. The molecule has 0 saturated heterocycles. The van der Waals surface area contributed by atoms with E-state index in [1.165, 1.54) is 6.20 Å². The Balaban J connectivity index is 2.32. The van der Waals surface area contributed by atoms with E-state index in [1.807, 2.05) is 13.8 Å². The molecule has 1 aromatic heterocycles. The summed E-state index contributed by atoms with van der Waals surface area (Å²) in [6.07, 6.45) is 3.17. The van der Waals surface area contributed by atoms with Crippen LogP contribution in [-0.4, -0.2) is 9.55 Å². The third-order valence-corrected chi connectivity index (χ3v) is 2.90. The van der Waals surface area contributed by atoms with Gasteiger partial charge in [-0.15, -0.1) is 0 Å². The highest BCUT2D eigenvalue weighted by molar-refractivity contribution is 6.32. The molecule has 20 heavy (non-hydrogen) atoms. The topological polar surface area (TPSA) is 70.1 Å². The standard InChI is InChI=1S/C14H16ClN3O2/c1-9(2)8-18-6-5-17-13(14(18)19)20-12-4-3-10(16)7-11(12)15/h3-7,9H,8,16H2,1-2H3. The summed E-state index contributed by atoms with van der Waals surface area (Å²) in [5, 5.41) is 0.338. The summed E-state index contributed by atoms with van der Waals surface area (Å²) >= 11 is 6.01. The summed E-state index contributed by atoms with van der Waals surface area (Å²) in [7, 11) is 0. The maximum Gasteiger partial charge on any atom is 0.313 e. The lowest BCUT2D eigenvalue weighted by molar-refractivity contribution is 0.433. The zero-order valence-electron chi connectivity index (χ0n) is 11.3. The number of ether oxygens (including phenoxy) is 1. The monoisotopic (exact) mass is 293 g/mol. The van der Waals surface area contributed by atoms with Crippen LogP contribution in [0.25, 0.3) is 0 Å². The van der Waals surface area contributed by atoms with Crippen molar-refractivity contribution in [1.29, 1.82) is 0 Å². The first-order valence-corrected chi connectivity index (χ1v) is 6.63. The van der Waals surface area contributed by atoms with E-state index >= 15 is 0 Å². The van der Waals surface area contributed by atoms with Crippen LogP contribution in [0.1, 0.15) is 13.8 Å². The van der Waals surface area contributed by atoms with Gasteiger partial charge in [0.15, 0.2) is 0 Å². The molecular weight excluding hydrogens is 278 g/mol. The molecule has 0 spiro atoms. The number of nitrogens with zero attached hydrogens (tertiary/aromatic N) is 2. The molecule has 0 unspecified atom stereocenters. The molecule has 2 aromatic rings. The summed E-state index contributed by atoms with van der Waals surface area (Å²) in [5.74, 6) is 0.704. The molecule has 0 aliphatic rings. The number of halogens is 1. The van der Waals surface area contributed by atoms with Gasteiger partial charge in [0.25, 0.3) is 5.88 Å². The Morgan fingerprint density at radius 3 is 2.85 bits per heavy atom. The van der Waals surface area contributed by atoms with Crippen LogP contribution in [0.3, 0.4) is 0 Å². The highest BCUT2D eigenvalue weighted by Gasteiger charge is 2.10. The summed E-state index contributed by atoms with van der Waals surface area (Å²) < 4.78 is 7.05. The molecule has 6 heteroatoms. The fourth-order valence-electron chi connectivity index (χ4n) is 1.74. The van der Waals surface area contributed by atoms with E-state index in [1.54, 1.807) is 29.0 Å². The summed E-state index contributed by atoms with van der Waals surface area (Å²) in [6.45, 7) is 4.67. The van der Waals surface area contributed by atoms with Gasteiger partial charge < -0.3 is 15.0 Å². The lowest BCUT2D eigenvalue weighted by Gasteiger charge is -2.11. The van der Waals surface area contributed by atoms with Crippen LogP contribution in [0, 0.1) is 5.92 Å². The van der Waals surface area contributed by atoms with Crippen LogP contribution in [0.4, 0.5) is 5.69 Å². The van der Waals surface area contributed by atoms with Gasteiger partial charge in [-0.2, -0.15) is 0 Å². The Bertz CT molecular complexity index is 668. The zero-order valence-corrected chi connectivity index (χ0v) is 12.1. The van der Waals surface area contributed by atoms with E-state index in [0.717, 1.165) is 0 Å². The predicted octanol–water partition coefficient (Wildman–Crippen LogP) is 2.93. The van der Waals surface area contributed by atoms with E-state index in [9.17, 15) is 4.79 Å². The van der Waals surface area contributed by atoms with Gasteiger partial charge in [-0.25, -0.2) is 4.98 Å². The molecule has 106 valence electrons. The van der Waals surface area contributed by atoms with Crippen LogP contribution in [-0.2, 0) is 6.54 Å². The summed E-state index contributed by atoms with van der Waals surface area (Å²) in [6, 6.07) is 4.82. The summed E-state index contributed by atoms with van der Waals surface area (Å²) in [5.41, 5.74) is 5.85. The van der Waals surface area contributed by atoms with E-state index < -0.39 is 0 Å². The lowest BCUT2D eigenvalue weighted by atomic mass is 10.2. The fraction of sp³-hybridized carbons (Fsp3) is 0.286. The van der Waals surface area contributed by atoms with Crippen molar-refractivity contribution in [3.63, 3.8) is 0 Å². The van der Waals surface area contributed by atoms with E-state index in [2.05, 4.69) is 4.98 Å². The van der Waals surface area contributed by atoms with Crippen molar-refractivity contribution in [2.45, 2.75) is 20.4 Å². The molecule has 0 aliphatic heterocycles. The predicted molar refractivity (Wildman–Crippen MR) is 79.3 cm³/mol. The smallest absolute Gasteiger partial charge is 0.313 e. The first-order valence-electron chi connectivity index (χ1n) is 6.25. The largest absolute Gasteiger partial charge is 0.433 e. The van der Waals surface area contributed by atoms with Crippen molar-refractivity contribution in [3.8, 4) is 11.6 Å². The molecule has 0 saturated carbocycles.